The number of hydrogen-bond acceptors (Lipinski definition) is 2. The second-order valence-corrected chi connectivity index (χ2v) is 8.44. The van der Waals surface area contributed by atoms with E-state index in [2.05, 4.69) is 48.6 Å². The molecule has 0 N–H and O–H groups in total. The third-order valence-electron chi connectivity index (χ3n) is 4.45. The number of rotatable bonds is 3. The molecular weight excluding hydrogens is 348 g/mol. The maximum Gasteiger partial charge on any atom is 0.147 e. The predicted octanol–water partition coefficient (Wildman–Crippen LogP) is 6.26. The van der Waals surface area contributed by atoms with Gasteiger partial charge in [0.15, 0.2) is 0 Å². The van der Waals surface area contributed by atoms with Crippen LogP contribution < -0.4 is 0 Å². The Labute approximate surface area is 142 Å². The van der Waals surface area contributed by atoms with Gasteiger partial charge >= 0.3 is 0 Å². The molecule has 0 radical (unpaired) electrons. The molecular formula is C17H26BrClN2. The van der Waals surface area contributed by atoms with Crippen LogP contribution in [-0.2, 0) is 5.41 Å². The molecule has 1 aromatic heterocycles. The van der Waals surface area contributed by atoms with Gasteiger partial charge in [-0.25, -0.2) is 9.97 Å². The van der Waals surface area contributed by atoms with Crippen molar-refractivity contribution < 1.29 is 0 Å². The topological polar surface area (TPSA) is 25.8 Å². The lowest BCUT2D eigenvalue weighted by molar-refractivity contribution is 0.301. The molecule has 1 aliphatic rings. The summed E-state index contributed by atoms with van der Waals surface area (Å²) >= 11 is 9.87. The minimum absolute atomic E-state index is 0.0282. The van der Waals surface area contributed by atoms with E-state index in [1.807, 2.05) is 0 Å². The van der Waals surface area contributed by atoms with Gasteiger partial charge in [-0.05, 0) is 47.5 Å². The summed E-state index contributed by atoms with van der Waals surface area (Å²) in [6.45, 7) is 8.77. The first-order valence-corrected chi connectivity index (χ1v) is 9.23. The molecule has 0 amide bonds. The minimum atomic E-state index is -0.0282. The van der Waals surface area contributed by atoms with E-state index in [0.717, 1.165) is 21.9 Å². The van der Waals surface area contributed by atoms with Gasteiger partial charge in [-0.2, -0.15) is 0 Å². The molecule has 1 heterocycles. The molecule has 4 heteroatoms. The Morgan fingerprint density at radius 3 is 2.29 bits per heavy atom. The predicted molar refractivity (Wildman–Crippen MR) is 93.0 cm³/mol. The van der Waals surface area contributed by atoms with Crippen molar-refractivity contribution in [2.24, 2.45) is 5.92 Å². The van der Waals surface area contributed by atoms with E-state index < -0.39 is 0 Å². The first kappa shape index (κ1) is 17.2. The third kappa shape index (κ3) is 4.19. The molecule has 21 heavy (non-hydrogen) atoms. The van der Waals surface area contributed by atoms with Crippen molar-refractivity contribution in [3.8, 4) is 0 Å². The number of aromatic nitrogens is 2. The standard InChI is InChI=1S/C17H26BrClN2/c1-5-6-11-7-9-12(10-8-11)16-20-14(17(2,3)4)13(18)15(19)21-16/h11-12H,5-10H2,1-4H3. The molecule has 0 atom stereocenters. The van der Waals surface area contributed by atoms with Gasteiger partial charge in [0, 0.05) is 11.3 Å². The second-order valence-electron chi connectivity index (χ2n) is 7.29. The van der Waals surface area contributed by atoms with Crippen molar-refractivity contribution in [1.29, 1.82) is 0 Å². The zero-order valence-electron chi connectivity index (χ0n) is 13.5. The molecule has 118 valence electrons. The van der Waals surface area contributed by atoms with Gasteiger partial charge in [-0.15, -0.1) is 0 Å². The van der Waals surface area contributed by atoms with Crippen molar-refractivity contribution >= 4 is 27.5 Å². The van der Waals surface area contributed by atoms with Crippen molar-refractivity contribution in [3.05, 3.63) is 21.1 Å². The van der Waals surface area contributed by atoms with Crippen molar-refractivity contribution in [3.63, 3.8) is 0 Å². The summed E-state index contributed by atoms with van der Waals surface area (Å²) in [5.74, 6) is 2.33. The minimum Gasteiger partial charge on any atom is -0.236 e. The Balaban J connectivity index is 2.20. The molecule has 1 saturated carbocycles. The van der Waals surface area contributed by atoms with Crippen LogP contribution in [0.15, 0.2) is 4.47 Å². The molecule has 1 aliphatic carbocycles. The van der Waals surface area contributed by atoms with Crippen LogP contribution in [0.4, 0.5) is 0 Å². The first-order chi connectivity index (χ1) is 9.82. The van der Waals surface area contributed by atoms with Crippen LogP contribution in [-0.4, -0.2) is 9.97 Å². The first-order valence-electron chi connectivity index (χ1n) is 8.06. The highest BCUT2D eigenvalue weighted by Crippen LogP contribution is 2.39. The number of halogens is 2. The fourth-order valence-corrected chi connectivity index (χ4v) is 4.18. The Hall–Kier alpha value is -0.150. The van der Waals surface area contributed by atoms with Gasteiger partial charge in [0.05, 0.1) is 10.2 Å². The maximum atomic E-state index is 6.32. The third-order valence-corrected chi connectivity index (χ3v) is 5.70. The smallest absolute Gasteiger partial charge is 0.147 e. The highest BCUT2D eigenvalue weighted by molar-refractivity contribution is 9.10. The monoisotopic (exact) mass is 372 g/mol. The Morgan fingerprint density at radius 2 is 1.76 bits per heavy atom. The largest absolute Gasteiger partial charge is 0.236 e. The molecule has 0 aliphatic heterocycles. The molecule has 0 aromatic carbocycles. The summed E-state index contributed by atoms with van der Waals surface area (Å²) in [5.41, 5.74) is 0.993. The molecule has 1 fully saturated rings. The molecule has 0 spiro atoms. The summed E-state index contributed by atoms with van der Waals surface area (Å²) in [5, 5.41) is 0.556. The normalized spacial score (nSPS) is 23.3. The zero-order valence-corrected chi connectivity index (χ0v) is 15.9. The highest BCUT2D eigenvalue weighted by Gasteiger charge is 2.28. The molecule has 1 aromatic rings. The van der Waals surface area contributed by atoms with Crippen LogP contribution in [0.1, 0.15) is 83.7 Å². The van der Waals surface area contributed by atoms with E-state index in [0.29, 0.717) is 11.1 Å². The highest BCUT2D eigenvalue weighted by atomic mass is 79.9. The van der Waals surface area contributed by atoms with E-state index in [4.69, 9.17) is 16.6 Å². The van der Waals surface area contributed by atoms with E-state index >= 15 is 0 Å². The fraction of sp³-hybridized carbons (Fsp3) is 0.765. The molecule has 2 nitrogen and oxygen atoms in total. The lowest BCUT2D eigenvalue weighted by Gasteiger charge is -2.29. The van der Waals surface area contributed by atoms with E-state index in [1.165, 1.54) is 38.5 Å². The Bertz CT molecular complexity index is 488. The van der Waals surface area contributed by atoms with Crippen LogP contribution in [0.5, 0.6) is 0 Å². The SMILES string of the molecule is CCCC1CCC(c2nc(Cl)c(Br)c(C(C)(C)C)n2)CC1. The summed E-state index contributed by atoms with van der Waals surface area (Å²) in [4.78, 5) is 9.41. The summed E-state index contributed by atoms with van der Waals surface area (Å²) in [6, 6.07) is 0. The average molecular weight is 374 g/mol. The average Bonchev–Trinajstić information content (AvgIpc) is 2.41. The van der Waals surface area contributed by atoms with Crippen LogP contribution in [0.3, 0.4) is 0 Å². The van der Waals surface area contributed by atoms with Crippen molar-refractivity contribution in [2.45, 2.75) is 77.6 Å². The lowest BCUT2D eigenvalue weighted by Crippen LogP contribution is -2.20. The van der Waals surface area contributed by atoms with E-state index in [1.54, 1.807) is 0 Å². The van der Waals surface area contributed by atoms with Crippen LogP contribution in [0.2, 0.25) is 5.15 Å². The summed E-state index contributed by atoms with van der Waals surface area (Å²) in [7, 11) is 0. The van der Waals surface area contributed by atoms with Crippen LogP contribution >= 0.6 is 27.5 Å². The van der Waals surface area contributed by atoms with Crippen molar-refractivity contribution in [1.82, 2.24) is 9.97 Å². The second kappa shape index (κ2) is 6.95. The van der Waals surface area contributed by atoms with Crippen molar-refractivity contribution in [2.75, 3.05) is 0 Å². The van der Waals surface area contributed by atoms with E-state index in [-0.39, 0.29) is 5.41 Å². The fourth-order valence-electron chi connectivity index (χ4n) is 3.23. The summed E-state index contributed by atoms with van der Waals surface area (Å²) < 4.78 is 0.847. The lowest BCUT2D eigenvalue weighted by atomic mass is 9.79. The van der Waals surface area contributed by atoms with Gasteiger partial charge in [0.25, 0.3) is 0 Å². The zero-order chi connectivity index (χ0) is 15.6. The van der Waals surface area contributed by atoms with E-state index in [9.17, 15) is 0 Å². The molecule has 0 saturated heterocycles. The number of hydrogen-bond donors (Lipinski definition) is 0. The Morgan fingerprint density at radius 1 is 1.14 bits per heavy atom. The van der Waals surface area contributed by atoms with Gasteiger partial charge in [-0.1, -0.05) is 52.1 Å². The Kier molecular flexibility index (Phi) is 5.70. The summed E-state index contributed by atoms with van der Waals surface area (Å²) in [6.07, 6.45) is 7.67. The van der Waals surface area contributed by atoms with Gasteiger partial charge in [0.1, 0.15) is 11.0 Å². The van der Waals surface area contributed by atoms with Crippen LogP contribution in [0.25, 0.3) is 0 Å². The maximum absolute atomic E-state index is 6.32. The van der Waals surface area contributed by atoms with Crippen LogP contribution in [0, 0.1) is 5.92 Å². The molecule has 2 rings (SSSR count). The van der Waals surface area contributed by atoms with Gasteiger partial charge in [0.2, 0.25) is 0 Å². The molecule has 0 unspecified atom stereocenters. The number of nitrogens with zero attached hydrogens (tertiary/aromatic N) is 2. The molecule has 0 bridgehead atoms. The van der Waals surface area contributed by atoms with Gasteiger partial charge < -0.3 is 0 Å². The van der Waals surface area contributed by atoms with Gasteiger partial charge in [-0.3, -0.25) is 0 Å². The quantitative estimate of drug-likeness (QED) is 0.584.